The normalized spacial score (nSPS) is 29.8. The van der Waals surface area contributed by atoms with Crippen LogP contribution in [-0.4, -0.2) is 25.4 Å². The quantitative estimate of drug-likeness (QED) is 0.755. The summed E-state index contributed by atoms with van der Waals surface area (Å²) in [6.07, 6.45) is 2.44. The summed E-state index contributed by atoms with van der Waals surface area (Å²) in [5, 5.41) is 0. The summed E-state index contributed by atoms with van der Waals surface area (Å²) in [6, 6.07) is 0. The van der Waals surface area contributed by atoms with E-state index in [-0.39, 0.29) is 23.7 Å². The zero-order valence-electron chi connectivity index (χ0n) is 13.9. The molecule has 2 aliphatic rings. The Morgan fingerprint density at radius 2 is 1.70 bits per heavy atom. The highest BCUT2D eigenvalue weighted by atomic mass is 16.6. The third-order valence-electron chi connectivity index (χ3n) is 4.24. The van der Waals surface area contributed by atoms with Crippen molar-refractivity contribution in [2.75, 3.05) is 7.11 Å². The number of rotatable bonds is 5. The second-order valence-electron chi connectivity index (χ2n) is 6.72. The predicted molar refractivity (Wildman–Crippen MR) is 80.3 cm³/mol. The van der Waals surface area contributed by atoms with Crippen LogP contribution in [0.1, 0.15) is 54.4 Å². The molecule has 0 aromatic heterocycles. The van der Waals surface area contributed by atoms with Crippen LogP contribution >= 0.6 is 0 Å². The fourth-order valence-electron chi connectivity index (χ4n) is 3.52. The number of hydrogen-bond donors (Lipinski definition) is 0. The van der Waals surface area contributed by atoms with Crippen LogP contribution in [0.4, 0.5) is 0 Å². The summed E-state index contributed by atoms with van der Waals surface area (Å²) in [6.45, 7) is 12.7. The van der Waals surface area contributed by atoms with Crippen LogP contribution in [0.2, 0.25) is 0 Å². The second kappa shape index (κ2) is 5.44. The van der Waals surface area contributed by atoms with Crippen molar-refractivity contribution in [2.24, 2.45) is 5.41 Å². The summed E-state index contributed by atoms with van der Waals surface area (Å²) >= 11 is 0. The van der Waals surface area contributed by atoms with Crippen molar-refractivity contribution in [3.05, 3.63) is 22.7 Å². The van der Waals surface area contributed by atoms with Crippen molar-refractivity contribution in [1.82, 2.24) is 0 Å². The number of hydrogen-bond acceptors (Lipinski definition) is 3. The molecule has 3 nitrogen and oxygen atoms in total. The van der Waals surface area contributed by atoms with Gasteiger partial charge < -0.3 is 14.2 Å². The summed E-state index contributed by atoms with van der Waals surface area (Å²) in [7, 11) is 1.77. The average molecular weight is 280 g/mol. The average Bonchev–Trinajstić information content (AvgIpc) is 2.73. The highest BCUT2D eigenvalue weighted by molar-refractivity contribution is 5.50. The Labute approximate surface area is 123 Å². The molecule has 0 aromatic rings. The van der Waals surface area contributed by atoms with Gasteiger partial charge in [0, 0.05) is 18.1 Å². The van der Waals surface area contributed by atoms with E-state index in [1.54, 1.807) is 7.11 Å². The number of allylic oxidation sites excluding steroid dienone is 2. The molecule has 0 aromatic carbocycles. The standard InChI is InChI=1S/C17H28O3/c1-10(2)19-14-13-12(5)8-9-17(13,6)16(18-7)15(14)20-11(3)4/h10-11,16H,8-9H2,1-7H3/t16-,17+/m0/s1. The van der Waals surface area contributed by atoms with Gasteiger partial charge >= 0.3 is 0 Å². The Hall–Kier alpha value is -0.960. The third-order valence-corrected chi connectivity index (χ3v) is 4.24. The fraction of sp³-hybridized carbons (Fsp3) is 0.765. The maximum absolute atomic E-state index is 6.12. The Balaban J connectivity index is 2.52. The summed E-state index contributed by atoms with van der Waals surface area (Å²) in [4.78, 5) is 0. The Morgan fingerprint density at radius 3 is 2.20 bits per heavy atom. The smallest absolute Gasteiger partial charge is 0.168 e. The van der Waals surface area contributed by atoms with Gasteiger partial charge in [0.2, 0.25) is 0 Å². The molecule has 20 heavy (non-hydrogen) atoms. The molecule has 0 radical (unpaired) electrons. The van der Waals surface area contributed by atoms with Gasteiger partial charge in [0.1, 0.15) is 6.10 Å². The molecular weight excluding hydrogens is 252 g/mol. The monoisotopic (exact) mass is 280 g/mol. The second-order valence-corrected chi connectivity index (χ2v) is 6.72. The lowest BCUT2D eigenvalue weighted by atomic mass is 9.81. The molecule has 2 aliphatic carbocycles. The molecule has 0 unspecified atom stereocenters. The van der Waals surface area contributed by atoms with Crippen LogP contribution in [0.25, 0.3) is 0 Å². The molecule has 0 bridgehead atoms. The zero-order chi connectivity index (χ0) is 15.1. The van der Waals surface area contributed by atoms with E-state index >= 15 is 0 Å². The lowest BCUT2D eigenvalue weighted by Crippen LogP contribution is -2.31. The minimum Gasteiger partial charge on any atom is -0.489 e. The molecule has 114 valence electrons. The van der Waals surface area contributed by atoms with Crippen LogP contribution in [0.3, 0.4) is 0 Å². The highest BCUT2D eigenvalue weighted by Gasteiger charge is 2.54. The van der Waals surface area contributed by atoms with E-state index in [1.165, 1.54) is 11.1 Å². The molecule has 0 spiro atoms. The van der Waals surface area contributed by atoms with Crippen molar-refractivity contribution in [1.29, 1.82) is 0 Å². The molecular formula is C17H28O3. The molecule has 0 saturated heterocycles. The van der Waals surface area contributed by atoms with E-state index < -0.39 is 0 Å². The molecule has 0 fully saturated rings. The van der Waals surface area contributed by atoms with E-state index in [0.717, 1.165) is 24.4 Å². The number of methoxy groups -OCH3 is 1. The van der Waals surface area contributed by atoms with Gasteiger partial charge in [-0.25, -0.2) is 0 Å². The minimum atomic E-state index is -0.0360. The van der Waals surface area contributed by atoms with Gasteiger partial charge in [-0.05, 0) is 47.5 Å². The van der Waals surface area contributed by atoms with E-state index in [4.69, 9.17) is 14.2 Å². The maximum Gasteiger partial charge on any atom is 0.168 e. The first kappa shape index (κ1) is 15.4. The van der Waals surface area contributed by atoms with Gasteiger partial charge in [0.25, 0.3) is 0 Å². The molecule has 2 atom stereocenters. The Bertz CT molecular complexity index is 445. The van der Waals surface area contributed by atoms with Gasteiger partial charge in [-0.2, -0.15) is 0 Å². The molecule has 0 heterocycles. The predicted octanol–water partition coefficient (Wildman–Crippen LogP) is 4.19. The van der Waals surface area contributed by atoms with Gasteiger partial charge in [-0.15, -0.1) is 0 Å². The largest absolute Gasteiger partial charge is 0.489 e. The van der Waals surface area contributed by atoms with Crippen molar-refractivity contribution in [3.8, 4) is 0 Å². The van der Waals surface area contributed by atoms with Crippen LogP contribution in [0.5, 0.6) is 0 Å². The summed E-state index contributed by atoms with van der Waals surface area (Å²) < 4.78 is 18.0. The zero-order valence-corrected chi connectivity index (χ0v) is 13.9. The van der Waals surface area contributed by atoms with Gasteiger partial charge in [0.15, 0.2) is 11.5 Å². The molecule has 0 saturated carbocycles. The van der Waals surface area contributed by atoms with E-state index in [2.05, 4.69) is 27.7 Å². The first-order valence-electron chi connectivity index (χ1n) is 7.62. The van der Waals surface area contributed by atoms with Crippen LogP contribution in [0, 0.1) is 5.41 Å². The lowest BCUT2D eigenvalue weighted by molar-refractivity contribution is -0.00566. The lowest BCUT2D eigenvalue weighted by Gasteiger charge is -2.30. The molecule has 3 heteroatoms. The van der Waals surface area contributed by atoms with E-state index in [9.17, 15) is 0 Å². The van der Waals surface area contributed by atoms with Crippen molar-refractivity contribution < 1.29 is 14.2 Å². The Kier molecular flexibility index (Phi) is 4.19. The fourth-order valence-corrected chi connectivity index (χ4v) is 3.52. The molecule has 0 aliphatic heterocycles. The van der Waals surface area contributed by atoms with Crippen LogP contribution < -0.4 is 0 Å². The van der Waals surface area contributed by atoms with Gasteiger partial charge in [-0.1, -0.05) is 12.5 Å². The summed E-state index contributed by atoms with van der Waals surface area (Å²) in [5.74, 6) is 1.81. The topological polar surface area (TPSA) is 27.7 Å². The number of ether oxygens (including phenoxy) is 3. The summed E-state index contributed by atoms with van der Waals surface area (Å²) in [5.41, 5.74) is 2.72. The van der Waals surface area contributed by atoms with Gasteiger partial charge in [0.05, 0.1) is 12.2 Å². The van der Waals surface area contributed by atoms with E-state index in [1.807, 2.05) is 13.8 Å². The molecule has 0 N–H and O–H groups in total. The van der Waals surface area contributed by atoms with Crippen LogP contribution in [-0.2, 0) is 14.2 Å². The number of fused-ring (bicyclic) bond motifs is 1. The molecule has 2 rings (SSSR count). The van der Waals surface area contributed by atoms with Crippen LogP contribution in [0.15, 0.2) is 22.7 Å². The van der Waals surface area contributed by atoms with Gasteiger partial charge in [-0.3, -0.25) is 0 Å². The molecule has 0 amide bonds. The minimum absolute atomic E-state index is 0.00667. The van der Waals surface area contributed by atoms with E-state index in [0.29, 0.717) is 0 Å². The SMILES string of the molecule is CO[C@H]1C(OC(C)C)=C(OC(C)C)C2=C(C)CC[C@]21C. The highest BCUT2D eigenvalue weighted by Crippen LogP contribution is 2.57. The first-order chi connectivity index (χ1) is 9.31. The van der Waals surface area contributed by atoms with Crippen molar-refractivity contribution in [3.63, 3.8) is 0 Å². The first-order valence-corrected chi connectivity index (χ1v) is 7.62. The maximum atomic E-state index is 6.12. The Morgan fingerprint density at radius 1 is 1.10 bits per heavy atom. The third kappa shape index (κ3) is 2.37. The van der Waals surface area contributed by atoms with Crippen molar-refractivity contribution in [2.45, 2.75) is 72.7 Å². The van der Waals surface area contributed by atoms with Crippen molar-refractivity contribution >= 4 is 0 Å².